The van der Waals surface area contributed by atoms with Crippen molar-refractivity contribution in [3.63, 3.8) is 0 Å². The number of hydrogen-bond donors (Lipinski definition) is 2. The number of carboxylic acids is 1. The molecule has 4 aromatic carbocycles. The van der Waals surface area contributed by atoms with Gasteiger partial charge >= 0.3 is 5.97 Å². The maximum absolute atomic E-state index is 11.4. The minimum atomic E-state index is -0.915. The number of benzene rings is 4. The average molecular weight is 418 g/mol. The van der Waals surface area contributed by atoms with Crippen molar-refractivity contribution in [2.75, 3.05) is 0 Å². The Morgan fingerprint density at radius 1 is 0.812 bits per heavy atom. The molecule has 5 aromatic rings. The second-order valence-corrected chi connectivity index (χ2v) is 7.79. The number of imidazole rings is 1. The molecule has 0 spiro atoms. The van der Waals surface area contributed by atoms with E-state index in [9.17, 15) is 9.90 Å². The molecule has 0 bridgehead atoms. The minimum Gasteiger partial charge on any atom is -0.478 e. The second-order valence-electron chi connectivity index (χ2n) is 7.79. The molecule has 0 aliphatic heterocycles. The molecule has 0 aliphatic rings. The van der Waals surface area contributed by atoms with E-state index in [1.54, 1.807) is 18.5 Å². The summed E-state index contributed by atoms with van der Waals surface area (Å²) in [7, 11) is 0. The third-order valence-electron chi connectivity index (χ3n) is 5.86. The van der Waals surface area contributed by atoms with Crippen molar-refractivity contribution >= 4 is 38.9 Å². The SMILES string of the molecule is CC/C(=C(/c1ccc2cc(C(=O)O)ccc2c1)c1ccc2nc[nH]c2c1)c1ccccc1. The van der Waals surface area contributed by atoms with Crippen molar-refractivity contribution in [1.29, 1.82) is 0 Å². The van der Waals surface area contributed by atoms with Crippen LogP contribution in [0, 0.1) is 0 Å². The van der Waals surface area contributed by atoms with Crippen molar-refractivity contribution in [2.24, 2.45) is 0 Å². The number of H-pyrrole nitrogens is 1. The highest BCUT2D eigenvalue weighted by molar-refractivity contribution is 6.02. The smallest absolute Gasteiger partial charge is 0.335 e. The van der Waals surface area contributed by atoms with Gasteiger partial charge < -0.3 is 10.1 Å². The highest BCUT2D eigenvalue weighted by atomic mass is 16.4. The quantitative estimate of drug-likeness (QED) is 0.309. The van der Waals surface area contributed by atoms with Crippen molar-refractivity contribution in [2.45, 2.75) is 13.3 Å². The van der Waals surface area contributed by atoms with E-state index in [-0.39, 0.29) is 0 Å². The summed E-state index contributed by atoms with van der Waals surface area (Å²) in [5.41, 5.74) is 8.05. The van der Waals surface area contributed by atoms with Crippen LogP contribution in [0.2, 0.25) is 0 Å². The first-order valence-electron chi connectivity index (χ1n) is 10.6. The molecule has 0 amide bonds. The van der Waals surface area contributed by atoms with Crippen molar-refractivity contribution < 1.29 is 9.90 Å². The number of allylic oxidation sites excluding steroid dienone is 1. The fraction of sp³-hybridized carbons (Fsp3) is 0.0714. The fourth-order valence-corrected chi connectivity index (χ4v) is 4.31. The third kappa shape index (κ3) is 3.56. The Kier molecular flexibility index (Phi) is 5.04. The molecule has 2 N–H and O–H groups in total. The number of aromatic amines is 1. The van der Waals surface area contributed by atoms with Gasteiger partial charge in [0, 0.05) is 0 Å². The first-order chi connectivity index (χ1) is 15.6. The van der Waals surface area contributed by atoms with Crippen LogP contribution in [0.3, 0.4) is 0 Å². The van der Waals surface area contributed by atoms with E-state index < -0.39 is 5.97 Å². The Morgan fingerprint density at radius 3 is 2.19 bits per heavy atom. The van der Waals surface area contributed by atoms with Crippen LogP contribution in [0.1, 0.15) is 40.4 Å². The van der Waals surface area contributed by atoms with Crippen LogP contribution in [0.5, 0.6) is 0 Å². The molecule has 156 valence electrons. The summed E-state index contributed by atoms with van der Waals surface area (Å²) in [6.07, 6.45) is 2.59. The first-order valence-corrected chi connectivity index (χ1v) is 10.6. The van der Waals surface area contributed by atoms with Crippen LogP contribution in [-0.4, -0.2) is 21.0 Å². The van der Waals surface area contributed by atoms with Gasteiger partial charge in [0.05, 0.1) is 22.9 Å². The molecular weight excluding hydrogens is 396 g/mol. The normalized spacial score (nSPS) is 12.2. The monoisotopic (exact) mass is 418 g/mol. The number of carboxylic acid groups (broad SMARTS) is 1. The van der Waals surface area contributed by atoms with Crippen LogP contribution in [0.4, 0.5) is 0 Å². The van der Waals surface area contributed by atoms with E-state index in [1.165, 1.54) is 16.7 Å². The van der Waals surface area contributed by atoms with Gasteiger partial charge in [0.15, 0.2) is 0 Å². The highest BCUT2D eigenvalue weighted by Crippen LogP contribution is 2.36. The molecule has 32 heavy (non-hydrogen) atoms. The second kappa shape index (κ2) is 8.16. The largest absolute Gasteiger partial charge is 0.478 e. The summed E-state index contributed by atoms with van der Waals surface area (Å²) in [4.78, 5) is 18.9. The number of fused-ring (bicyclic) bond motifs is 2. The molecule has 0 unspecified atom stereocenters. The van der Waals surface area contributed by atoms with Crippen LogP contribution >= 0.6 is 0 Å². The van der Waals surface area contributed by atoms with Gasteiger partial charge in [-0.15, -0.1) is 0 Å². The van der Waals surface area contributed by atoms with Crippen molar-refractivity contribution in [3.05, 3.63) is 114 Å². The standard InChI is InChI=1S/C28H22N2O2/c1-2-24(18-6-4-3-5-7-18)27(22-12-13-25-26(16-22)30-17-29-25)21-10-8-20-15-23(28(31)32)11-9-19(20)14-21/h3-17H,2H2,1H3,(H,29,30)(H,31,32)/b27-24+. The van der Waals surface area contributed by atoms with Gasteiger partial charge in [-0.1, -0.05) is 61.5 Å². The zero-order valence-corrected chi connectivity index (χ0v) is 17.7. The Labute approximate surface area is 185 Å². The number of nitrogens with zero attached hydrogens (tertiary/aromatic N) is 1. The van der Waals surface area contributed by atoms with Gasteiger partial charge in [-0.25, -0.2) is 9.78 Å². The summed E-state index contributed by atoms with van der Waals surface area (Å²) in [6, 6.07) is 28.3. The molecule has 0 saturated carbocycles. The Morgan fingerprint density at radius 2 is 1.47 bits per heavy atom. The van der Waals surface area contributed by atoms with E-state index in [0.717, 1.165) is 39.4 Å². The predicted molar refractivity (Wildman–Crippen MR) is 130 cm³/mol. The lowest BCUT2D eigenvalue weighted by atomic mass is 9.87. The topological polar surface area (TPSA) is 66.0 Å². The molecule has 0 aliphatic carbocycles. The molecule has 0 radical (unpaired) electrons. The number of rotatable bonds is 5. The molecule has 5 rings (SSSR count). The molecule has 4 heteroatoms. The van der Waals surface area contributed by atoms with Crippen LogP contribution in [-0.2, 0) is 0 Å². The minimum absolute atomic E-state index is 0.296. The average Bonchev–Trinajstić information content (AvgIpc) is 3.30. The van der Waals surface area contributed by atoms with Crippen molar-refractivity contribution in [1.82, 2.24) is 9.97 Å². The molecule has 1 heterocycles. The van der Waals surface area contributed by atoms with Gasteiger partial charge in [0.1, 0.15) is 0 Å². The third-order valence-corrected chi connectivity index (χ3v) is 5.86. The van der Waals surface area contributed by atoms with Gasteiger partial charge in [-0.2, -0.15) is 0 Å². The Hall–Kier alpha value is -4.18. The zero-order valence-electron chi connectivity index (χ0n) is 17.7. The van der Waals surface area contributed by atoms with E-state index in [1.807, 2.05) is 24.3 Å². The number of carbonyl (C=O) groups is 1. The van der Waals surface area contributed by atoms with Crippen LogP contribution in [0.25, 0.3) is 33.0 Å². The van der Waals surface area contributed by atoms with Gasteiger partial charge in [-0.05, 0) is 75.4 Å². The van der Waals surface area contributed by atoms with Crippen molar-refractivity contribution in [3.8, 4) is 0 Å². The lowest BCUT2D eigenvalue weighted by Gasteiger charge is -2.17. The van der Waals surface area contributed by atoms with Crippen LogP contribution < -0.4 is 0 Å². The maximum atomic E-state index is 11.4. The van der Waals surface area contributed by atoms with Gasteiger partial charge in [0.25, 0.3) is 0 Å². The summed E-state index contributed by atoms with van der Waals surface area (Å²) in [6.45, 7) is 2.18. The Bertz CT molecular complexity index is 1480. The molecule has 0 saturated heterocycles. The van der Waals surface area contributed by atoms with Crippen LogP contribution in [0.15, 0.2) is 91.3 Å². The van der Waals surface area contributed by atoms with Gasteiger partial charge in [-0.3, -0.25) is 0 Å². The zero-order chi connectivity index (χ0) is 22.1. The summed E-state index contributed by atoms with van der Waals surface area (Å²) < 4.78 is 0. The summed E-state index contributed by atoms with van der Waals surface area (Å²) in [5.74, 6) is -0.915. The molecule has 0 atom stereocenters. The summed E-state index contributed by atoms with van der Waals surface area (Å²) >= 11 is 0. The lowest BCUT2D eigenvalue weighted by molar-refractivity contribution is 0.0697. The van der Waals surface area contributed by atoms with E-state index in [0.29, 0.717) is 5.56 Å². The number of hydrogen-bond acceptors (Lipinski definition) is 2. The predicted octanol–water partition coefficient (Wildman–Crippen LogP) is 6.78. The number of nitrogens with one attached hydrogen (secondary N) is 1. The Balaban J connectivity index is 1.76. The molecule has 0 fully saturated rings. The van der Waals surface area contributed by atoms with E-state index in [4.69, 9.17) is 0 Å². The highest BCUT2D eigenvalue weighted by Gasteiger charge is 2.15. The first kappa shape index (κ1) is 19.8. The molecule has 4 nitrogen and oxygen atoms in total. The van der Waals surface area contributed by atoms with E-state index >= 15 is 0 Å². The fourth-order valence-electron chi connectivity index (χ4n) is 4.31. The lowest BCUT2D eigenvalue weighted by Crippen LogP contribution is -1.97. The summed E-state index contributed by atoms with van der Waals surface area (Å²) in [5, 5.41) is 11.2. The van der Waals surface area contributed by atoms with E-state index in [2.05, 4.69) is 65.4 Å². The number of aromatic carboxylic acids is 1. The number of aromatic nitrogens is 2. The van der Waals surface area contributed by atoms with Gasteiger partial charge in [0.2, 0.25) is 0 Å². The molecule has 1 aromatic heterocycles. The molecular formula is C28H22N2O2. The maximum Gasteiger partial charge on any atom is 0.335 e.